The van der Waals surface area contributed by atoms with Gasteiger partial charge in [0.25, 0.3) is 0 Å². The van der Waals surface area contributed by atoms with Crippen LogP contribution in [0.1, 0.15) is 24.2 Å². The van der Waals surface area contributed by atoms with Crippen LogP contribution in [0.3, 0.4) is 0 Å². The zero-order valence-electron chi connectivity index (χ0n) is 7.97. The molecule has 4 heteroatoms. The molecule has 1 aromatic carbocycles. The minimum atomic E-state index is -1.15. The summed E-state index contributed by atoms with van der Waals surface area (Å²) >= 11 is 0. The quantitative estimate of drug-likeness (QED) is 0.739. The zero-order chi connectivity index (χ0) is 10.9. The fourth-order valence-electron chi connectivity index (χ4n) is 1.02. The van der Waals surface area contributed by atoms with Crippen LogP contribution in [-0.4, -0.2) is 11.3 Å². The van der Waals surface area contributed by atoms with Crippen LogP contribution in [0.25, 0.3) is 0 Å². The number of carbonyl (C=O) groups is 1. The molecule has 2 nitrogen and oxygen atoms in total. The van der Waals surface area contributed by atoms with E-state index in [1.807, 2.05) is 0 Å². The molecule has 14 heavy (non-hydrogen) atoms. The molecule has 0 spiro atoms. The number of benzene rings is 1. The first-order valence-corrected chi connectivity index (χ1v) is 4.11. The van der Waals surface area contributed by atoms with E-state index in [0.29, 0.717) is 6.07 Å². The highest BCUT2D eigenvalue weighted by molar-refractivity contribution is 6.02. The Labute approximate surface area is 80.7 Å². The molecule has 0 radical (unpaired) electrons. The smallest absolute Gasteiger partial charge is 0.184 e. The third-order valence-electron chi connectivity index (χ3n) is 1.76. The lowest BCUT2D eigenvalue weighted by Crippen LogP contribution is -2.41. The molecule has 0 aliphatic rings. The summed E-state index contributed by atoms with van der Waals surface area (Å²) in [6, 6.07) is 2.79. The van der Waals surface area contributed by atoms with Crippen LogP contribution >= 0.6 is 0 Å². The first kappa shape index (κ1) is 10.8. The average Bonchev–Trinajstić information content (AvgIpc) is 2.01. The highest BCUT2D eigenvalue weighted by Crippen LogP contribution is 2.15. The van der Waals surface area contributed by atoms with Gasteiger partial charge in [0, 0.05) is 6.07 Å². The summed E-state index contributed by atoms with van der Waals surface area (Å²) in [5, 5.41) is 0. The van der Waals surface area contributed by atoms with Crippen molar-refractivity contribution in [2.45, 2.75) is 19.4 Å². The molecule has 0 unspecified atom stereocenters. The van der Waals surface area contributed by atoms with Crippen molar-refractivity contribution < 1.29 is 13.6 Å². The van der Waals surface area contributed by atoms with E-state index in [0.717, 1.165) is 12.1 Å². The van der Waals surface area contributed by atoms with Crippen molar-refractivity contribution >= 4 is 5.78 Å². The highest BCUT2D eigenvalue weighted by atomic mass is 19.1. The Morgan fingerprint density at radius 3 is 2.36 bits per heavy atom. The fourth-order valence-corrected chi connectivity index (χ4v) is 1.02. The van der Waals surface area contributed by atoms with Crippen LogP contribution in [-0.2, 0) is 0 Å². The van der Waals surface area contributed by atoms with Crippen molar-refractivity contribution in [2.75, 3.05) is 0 Å². The van der Waals surface area contributed by atoms with Crippen LogP contribution in [0.4, 0.5) is 8.78 Å². The van der Waals surface area contributed by atoms with Crippen molar-refractivity contribution in [1.29, 1.82) is 0 Å². The van der Waals surface area contributed by atoms with Gasteiger partial charge in [0.1, 0.15) is 11.6 Å². The molecule has 0 saturated carbocycles. The number of carbonyl (C=O) groups excluding carboxylic acids is 1. The topological polar surface area (TPSA) is 43.1 Å². The van der Waals surface area contributed by atoms with Gasteiger partial charge in [-0.2, -0.15) is 0 Å². The van der Waals surface area contributed by atoms with E-state index in [-0.39, 0.29) is 5.56 Å². The molecular formula is C10H11F2NO. The molecule has 0 aromatic heterocycles. The molecule has 2 N–H and O–H groups in total. The second-order valence-corrected chi connectivity index (χ2v) is 3.67. The summed E-state index contributed by atoms with van der Waals surface area (Å²) in [6.45, 7) is 2.94. The summed E-state index contributed by atoms with van der Waals surface area (Å²) in [7, 11) is 0. The van der Waals surface area contributed by atoms with E-state index in [2.05, 4.69) is 0 Å². The van der Waals surface area contributed by atoms with E-state index in [1.54, 1.807) is 0 Å². The van der Waals surface area contributed by atoms with Gasteiger partial charge in [-0.05, 0) is 26.0 Å². The number of nitrogens with two attached hydrogens (primary N) is 1. The van der Waals surface area contributed by atoms with Gasteiger partial charge in [0.05, 0.1) is 11.1 Å². The zero-order valence-corrected chi connectivity index (χ0v) is 7.97. The average molecular weight is 199 g/mol. The third-order valence-corrected chi connectivity index (χ3v) is 1.76. The predicted molar refractivity (Wildman–Crippen MR) is 49.0 cm³/mol. The normalized spacial score (nSPS) is 11.5. The van der Waals surface area contributed by atoms with Gasteiger partial charge in [0.2, 0.25) is 0 Å². The van der Waals surface area contributed by atoms with Crippen molar-refractivity contribution in [3.8, 4) is 0 Å². The van der Waals surface area contributed by atoms with Crippen LogP contribution in [0.15, 0.2) is 18.2 Å². The molecule has 0 amide bonds. The molecule has 1 aromatic rings. The van der Waals surface area contributed by atoms with E-state index in [9.17, 15) is 13.6 Å². The van der Waals surface area contributed by atoms with Gasteiger partial charge in [-0.3, -0.25) is 4.79 Å². The van der Waals surface area contributed by atoms with Crippen molar-refractivity contribution in [3.63, 3.8) is 0 Å². The number of hydrogen-bond donors (Lipinski definition) is 1. The molecule has 76 valence electrons. The Morgan fingerprint density at radius 1 is 1.36 bits per heavy atom. The molecule has 0 fully saturated rings. The predicted octanol–water partition coefficient (Wildman–Crippen LogP) is 1.88. The highest BCUT2D eigenvalue weighted by Gasteiger charge is 2.25. The number of ketones is 1. The van der Waals surface area contributed by atoms with E-state index < -0.39 is 23.0 Å². The van der Waals surface area contributed by atoms with Gasteiger partial charge >= 0.3 is 0 Å². The second kappa shape index (κ2) is 3.46. The van der Waals surface area contributed by atoms with Gasteiger partial charge in [0.15, 0.2) is 5.78 Å². The Bertz CT molecular complexity index is 369. The Morgan fingerprint density at radius 2 is 1.93 bits per heavy atom. The minimum absolute atomic E-state index is 0.182. The van der Waals surface area contributed by atoms with E-state index in [4.69, 9.17) is 5.73 Å². The number of halogens is 2. The van der Waals surface area contributed by atoms with Crippen molar-refractivity contribution in [3.05, 3.63) is 35.4 Å². The van der Waals surface area contributed by atoms with E-state index >= 15 is 0 Å². The fraction of sp³-hybridized carbons (Fsp3) is 0.300. The molecular weight excluding hydrogens is 188 g/mol. The standard InChI is InChI=1S/C10H11F2NO/c1-10(2,13)9(14)7-4-3-6(11)5-8(7)12/h3-5H,13H2,1-2H3. The Balaban J connectivity index is 3.15. The van der Waals surface area contributed by atoms with Gasteiger partial charge in [-0.25, -0.2) is 8.78 Å². The Hall–Kier alpha value is -1.29. The van der Waals surface area contributed by atoms with Crippen LogP contribution in [0.5, 0.6) is 0 Å². The lowest BCUT2D eigenvalue weighted by Gasteiger charge is -2.16. The summed E-state index contributed by atoms with van der Waals surface area (Å²) in [5.74, 6) is -2.14. The number of hydrogen-bond acceptors (Lipinski definition) is 2. The second-order valence-electron chi connectivity index (χ2n) is 3.67. The SMILES string of the molecule is CC(C)(N)C(=O)c1ccc(F)cc1F. The first-order chi connectivity index (χ1) is 6.32. The summed E-state index contributed by atoms with van der Waals surface area (Å²) in [4.78, 5) is 11.5. The van der Waals surface area contributed by atoms with Crippen molar-refractivity contribution in [1.82, 2.24) is 0 Å². The molecule has 0 atom stereocenters. The van der Waals surface area contributed by atoms with E-state index in [1.165, 1.54) is 13.8 Å². The van der Waals surface area contributed by atoms with Gasteiger partial charge in [-0.1, -0.05) is 0 Å². The maximum atomic E-state index is 13.1. The first-order valence-electron chi connectivity index (χ1n) is 4.11. The summed E-state index contributed by atoms with van der Waals surface area (Å²) < 4.78 is 25.6. The van der Waals surface area contributed by atoms with Crippen LogP contribution in [0.2, 0.25) is 0 Å². The molecule has 0 heterocycles. The van der Waals surface area contributed by atoms with Crippen molar-refractivity contribution in [2.24, 2.45) is 5.73 Å². The molecule has 0 aliphatic heterocycles. The van der Waals surface area contributed by atoms with Gasteiger partial charge < -0.3 is 5.73 Å². The van der Waals surface area contributed by atoms with Gasteiger partial charge in [-0.15, -0.1) is 0 Å². The molecule has 0 saturated heterocycles. The minimum Gasteiger partial charge on any atom is -0.319 e. The third kappa shape index (κ3) is 2.14. The summed E-state index contributed by atoms with van der Waals surface area (Å²) in [5.41, 5.74) is 4.17. The lowest BCUT2D eigenvalue weighted by molar-refractivity contribution is 0.0909. The van der Waals surface area contributed by atoms with Crippen LogP contribution in [0, 0.1) is 11.6 Å². The largest absolute Gasteiger partial charge is 0.319 e. The lowest BCUT2D eigenvalue weighted by atomic mass is 9.94. The maximum absolute atomic E-state index is 13.1. The molecule has 0 aliphatic carbocycles. The number of rotatable bonds is 2. The molecule has 1 rings (SSSR count). The maximum Gasteiger partial charge on any atom is 0.184 e. The number of Topliss-reactive ketones (excluding diaryl/α,β-unsaturated/α-hetero) is 1. The molecule has 0 bridgehead atoms. The van der Waals surface area contributed by atoms with Crippen LogP contribution < -0.4 is 5.73 Å². The summed E-state index contributed by atoms with van der Waals surface area (Å²) in [6.07, 6.45) is 0. The Kier molecular flexibility index (Phi) is 2.66. The monoisotopic (exact) mass is 199 g/mol.